The quantitative estimate of drug-likeness (QED) is 0.646. The minimum atomic E-state index is -0.561. The number of carbonyl (C=O) groups is 3. The van der Waals surface area contributed by atoms with Crippen molar-refractivity contribution in [3.8, 4) is 5.75 Å². The number of anilines is 1. The van der Waals surface area contributed by atoms with E-state index in [-0.39, 0.29) is 18.5 Å². The van der Waals surface area contributed by atoms with Gasteiger partial charge in [0.1, 0.15) is 11.4 Å². The molecule has 34 heavy (non-hydrogen) atoms. The molecule has 0 aliphatic carbocycles. The highest BCUT2D eigenvalue weighted by Crippen LogP contribution is 2.23. The third-order valence-corrected chi connectivity index (χ3v) is 5.11. The number of aryl methyl sites for hydroxylation is 1. The normalized spacial score (nSPS) is 14.6. The number of hydrogen-bond donors (Lipinski definition) is 1. The molecular formula is C24H33N5O5. The van der Waals surface area contributed by atoms with Crippen molar-refractivity contribution in [2.24, 2.45) is 0 Å². The molecule has 0 spiro atoms. The molecule has 1 N–H and O–H groups in total. The van der Waals surface area contributed by atoms with Crippen LogP contribution in [0.5, 0.6) is 5.75 Å². The van der Waals surface area contributed by atoms with Crippen molar-refractivity contribution in [3.05, 3.63) is 41.6 Å². The zero-order chi connectivity index (χ0) is 24.9. The second-order valence-electron chi connectivity index (χ2n) is 9.36. The first-order chi connectivity index (χ1) is 16.0. The molecule has 184 valence electrons. The van der Waals surface area contributed by atoms with Crippen LogP contribution >= 0.6 is 0 Å². The Bertz CT molecular complexity index is 1030. The van der Waals surface area contributed by atoms with Crippen LogP contribution in [-0.4, -0.2) is 75.9 Å². The molecular weight excluding hydrogens is 438 g/mol. The molecule has 1 aromatic carbocycles. The predicted octanol–water partition coefficient (Wildman–Crippen LogP) is 2.66. The summed E-state index contributed by atoms with van der Waals surface area (Å²) in [4.78, 5) is 39.9. The van der Waals surface area contributed by atoms with E-state index in [1.807, 2.05) is 45.9 Å². The molecule has 0 saturated carbocycles. The van der Waals surface area contributed by atoms with Crippen LogP contribution < -0.4 is 10.1 Å². The van der Waals surface area contributed by atoms with Gasteiger partial charge in [0.25, 0.3) is 0 Å². The summed E-state index contributed by atoms with van der Waals surface area (Å²) in [6.07, 6.45) is 1.54. The Morgan fingerprint density at radius 2 is 1.79 bits per heavy atom. The second-order valence-corrected chi connectivity index (χ2v) is 9.36. The lowest BCUT2D eigenvalue weighted by molar-refractivity contribution is -0.157. The van der Waals surface area contributed by atoms with E-state index in [9.17, 15) is 14.4 Å². The van der Waals surface area contributed by atoms with Crippen LogP contribution in [0.3, 0.4) is 0 Å². The Balaban J connectivity index is 1.55. The molecule has 2 amide bonds. The number of hydrogen-bond acceptors (Lipinski definition) is 7. The van der Waals surface area contributed by atoms with Crippen LogP contribution in [0, 0.1) is 6.92 Å². The zero-order valence-corrected chi connectivity index (χ0v) is 20.5. The Kier molecular flexibility index (Phi) is 7.93. The molecule has 1 fully saturated rings. The van der Waals surface area contributed by atoms with Crippen molar-refractivity contribution in [3.63, 3.8) is 0 Å². The summed E-state index contributed by atoms with van der Waals surface area (Å²) in [5.41, 5.74) is 1.45. The van der Waals surface area contributed by atoms with E-state index in [2.05, 4.69) is 15.3 Å². The summed E-state index contributed by atoms with van der Waals surface area (Å²) >= 11 is 0. The van der Waals surface area contributed by atoms with Crippen molar-refractivity contribution in [2.45, 2.75) is 46.8 Å². The minimum absolute atomic E-state index is 0.152. The lowest BCUT2D eigenvalue weighted by Gasteiger charge is -2.34. The fraction of sp³-hybridized carbons (Fsp3) is 0.500. The van der Waals surface area contributed by atoms with Gasteiger partial charge in [-0.05, 0) is 39.3 Å². The number of amides is 2. The van der Waals surface area contributed by atoms with Gasteiger partial charge in [-0.15, -0.1) is 5.10 Å². The average molecular weight is 472 g/mol. The molecule has 10 nitrogen and oxygen atoms in total. The molecule has 1 aliphatic heterocycles. The summed E-state index contributed by atoms with van der Waals surface area (Å²) in [5.74, 6) is 0.355. The zero-order valence-electron chi connectivity index (χ0n) is 20.5. The minimum Gasteiger partial charge on any atom is -0.482 e. The topological polar surface area (TPSA) is 106 Å². The second kappa shape index (κ2) is 10.7. The number of piperazine rings is 1. The number of benzene rings is 1. The van der Waals surface area contributed by atoms with Crippen LogP contribution in [0.1, 0.15) is 38.8 Å². The Hall–Kier alpha value is -3.40. The van der Waals surface area contributed by atoms with Crippen molar-refractivity contribution in [1.29, 1.82) is 0 Å². The van der Waals surface area contributed by atoms with E-state index in [0.717, 1.165) is 11.1 Å². The van der Waals surface area contributed by atoms with Crippen LogP contribution in [0.4, 0.5) is 10.6 Å². The number of carbonyl (C=O) groups excluding carboxylic acids is 3. The highest BCUT2D eigenvalue weighted by molar-refractivity contribution is 5.88. The lowest BCUT2D eigenvalue weighted by Crippen LogP contribution is -2.49. The number of ether oxygens (including phenoxy) is 2. The van der Waals surface area contributed by atoms with Crippen LogP contribution in [0.15, 0.2) is 30.5 Å². The molecule has 3 rings (SSSR count). The molecule has 0 unspecified atom stereocenters. The van der Waals surface area contributed by atoms with Crippen LogP contribution in [0.25, 0.3) is 0 Å². The average Bonchev–Trinajstić information content (AvgIpc) is 3.20. The molecule has 10 heteroatoms. The van der Waals surface area contributed by atoms with Crippen molar-refractivity contribution in [1.82, 2.24) is 19.6 Å². The van der Waals surface area contributed by atoms with Gasteiger partial charge < -0.3 is 19.7 Å². The van der Waals surface area contributed by atoms with E-state index in [1.54, 1.807) is 17.2 Å². The highest BCUT2D eigenvalue weighted by atomic mass is 16.6. The maximum atomic E-state index is 12.7. The largest absolute Gasteiger partial charge is 0.482 e. The first-order valence-corrected chi connectivity index (χ1v) is 11.3. The van der Waals surface area contributed by atoms with E-state index in [1.165, 1.54) is 11.6 Å². The Morgan fingerprint density at radius 1 is 1.09 bits per heavy atom. The lowest BCUT2D eigenvalue weighted by atomic mass is 10.1. The molecule has 1 saturated heterocycles. The Morgan fingerprint density at radius 3 is 2.44 bits per heavy atom. The van der Waals surface area contributed by atoms with Crippen LogP contribution in [-0.2, 0) is 20.9 Å². The predicted molar refractivity (Wildman–Crippen MR) is 127 cm³/mol. The van der Waals surface area contributed by atoms with Gasteiger partial charge in [-0.3, -0.25) is 9.69 Å². The number of nitrogens with zero attached hydrogens (tertiary/aromatic N) is 4. The molecule has 0 atom stereocenters. The smallest absolute Gasteiger partial charge is 0.344 e. The van der Waals surface area contributed by atoms with Crippen molar-refractivity contribution in [2.75, 3.05) is 38.1 Å². The molecule has 2 heterocycles. The molecule has 1 aliphatic rings. The van der Waals surface area contributed by atoms with Crippen molar-refractivity contribution >= 4 is 23.7 Å². The van der Waals surface area contributed by atoms with Gasteiger partial charge in [-0.1, -0.05) is 12.1 Å². The summed E-state index contributed by atoms with van der Waals surface area (Å²) < 4.78 is 12.4. The number of nitrogens with one attached hydrogen (secondary N) is 1. The molecule has 2 aromatic rings. The third-order valence-electron chi connectivity index (χ3n) is 5.11. The number of rotatable bonds is 6. The molecule has 1 aromatic heterocycles. The maximum Gasteiger partial charge on any atom is 0.344 e. The Labute approximate surface area is 199 Å². The van der Waals surface area contributed by atoms with Gasteiger partial charge >= 0.3 is 12.0 Å². The molecule has 0 bridgehead atoms. The number of esters is 1. The third kappa shape index (κ3) is 7.31. The summed E-state index contributed by atoms with van der Waals surface area (Å²) in [6, 6.07) is 7.30. The van der Waals surface area contributed by atoms with E-state index in [0.29, 0.717) is 44.3 Å². The fourth-order valence-corrected chi connectivity index (χ4v) is 3.59. The van der Waals surface area contributed by atoms with Gasteiger partial charge in [-0.25, -0.2) is 9.59 Å². The summed E-state index contributed by atoms with van der Waals surface area (Å²) in [6.45, 7) is 11.8. The van der Waals surface area contributed by atoms with Gasteiger partial charge in [0.05, 0.1) is 0 Å². The summed E-state index contributed by atoms with van der Waals surface area (Å²) in [5, 5.41) is 6.68. The molecule has 0 radical (unpaired) electrons. The van der Waals surface area contributed by atoms with E-state index >= 15 is 0 Å². The SMILES string of the molecule is CC(=O)Nc1ccn(C(=O)N2CCN(Cc3ccc(C)cc3OCC(=O)OC(C)(C)C)CC2)n1. The van der Waals surface area contributed by atoms with Gasteiger partial charge in [-0.2, -0.15) is 4.68 Å². The van der Waals surface area contributed by atoms with Crippen molar-refractivity contribution < 1.29 is 23.9 Å². The standard InChI is InChI=1S/C24H33N5O5/c1-17-6-7-19(20(14-17)33-16-22(31)34-24(3,4)5)15-27-10-12-28(13-11-27)23(32)29-9-8-21(26-29)25-18(2)30/h6-9,14H,10-13,15-16H2,1-5H3,(H,25,26,30). The maximum absolute atomic E-state index is 12.7. The van der Waals surface area contributed by atoms with Gasteiger partial charge in [0, 0.05) is 57.5 Å². The first-order valence-electron chi connectivity index (χ1n) is 11.3. The number of aromatic nitrogens is 2. The highest BCUT2D eigenvalue weighted by Gasteiger charge is 2.24. The van der Waals surface area contributed by atoms with E-state index < -0.39 is 11.6 Å². The fourth-order valence-electron chi connectivity index (χ4n) is 3.59. The summed E-state index contributed by atoms with van der Waals surface area (Å²) in [7, 11) is 0. The van der Waals surface area contributed by atoms with E-state index in [4.69, 9.17) is 9.47 Å². The first kappa shape index (κ1) is 25.2. The van der Waals surface area contributed by atoms with Crippen LogP contribution in [0.2, 0.25) is 0 Å². The van der Waals surface area contributed by atoms with Gasteiger partial charge in [0.2, 0.25) is 5.91 Å². The monoisotopic (exact) mass is 471 g/mol. The van der Waals surface area contributed by atoms with Gasteiger partial charge in [0.15, 0.2) is 12.4 Å².